The molecule has 1 unspecified atom stereocenters. The van der Waals surface area contributed by atoms with E-state index in [0.29, 0.717) is 23.6 Å². The number of hydrogen-bond donors (Lipinski definition) is 2. The quantitative estimate of drug-likeness (QED) is 0.666. The standard InChI is InChI=1S/C23H33NO/c1-16(2)23(17(3)4)24-14-13-20(19-9-7-6-8-10-19)21-15-18(5)11-12-22(21)25/h6-12,15-17,20,23-25H,13-14H2,1-5H3. The minimum absolute atomic E-state index is 0.202. The average molecular weight is 340 g/mol. The van der Waals surface area contributed by atoms with Crippen LogP contribution < -0.4 is 5.32 Å². The molecule has 0 saturated heterocycles. The normalized spacial score (nSPS) is 13.0. The summed E-state index contributed by atoms with van der Waals surface area (Å²) in [6, 6.07) is 16.9. The predicted molar refractivity (Wildman–Crippen MR) is 107 cm³/mol. The van der Waals surface area contributed by atoms with Crippen molar-refractivity contribution in [2.45, 2.75) is 53.0 Å². The molecule has 2 aromatic rings. The molecule has 2 N–H and O–H groups in total. The van der Waals surface area contributed by atoms with Crippen LogP contribution in [-0.2, 0) is 0 Å². The topological polar surface area (TPSA) is 32.3 Å². The molecule has 0 amide bonds. The van der Waals surface area contributed by atoms with E-state index < -0.39 is 0 Å². The third-order valence-electron chi connectivity index (χ3n) is 5.01. The Morgan fingerprint density at radius 3 is 2.16 bits per heavy atom. The fraction of sp³-hybridized carbons (Fsp3) is 0.478. The molecule has 0 spiro atoms. The first-order chi connectivity index (χ1) is 11.9. The lowest BCUT2D eigenvalue weighted by Crippen LogP contribution is -2.39. The fourth-order valence-electron chi connectivity index (χ4n) is 3.78. The van der Waals surface area contributed by atoms with Crippen molar-refractivity contribution in [1.29, 1.82) is 0 Å². The Morgan fingerprint density at radius 2 is 1.56 bits per heavy atom. The van der Waals surface area contributed by atoms with E-state index in [0.717, 1.165) is 18.5 Å². The fourth-order valence-corrected chi connectivity index (χ4v) is 3.78. The Kier molecular flexibility index (Phi) is 7.07. The number of nitrogens with one attached hydrogen (secondary N) is 1. The number of benzene rings is 2. The molecule has 136 valence electrons. The first kappa shape index (κ1) is 19.5. The van der Waals surface area contributed by atoms with Crippen LogP contribution in [0.1, 0.15) is 56.7 Å². The van der Waals surface area contributed by atoms with E-state index in [4.69, 9.17) is 0 Å². The summed E-state index contributed by atoms with van der Waals surface area (Å²) in [5.41, 5.74) is 3.47. The van der Waals surface area contributed by atoms with Crippen LogP contribution in [0.25, 0.3) is 0 Å². The third-order valence-corrected chi connectivity index (χ3v) is 5.01. The zero-order chi connectivity index (χ0) is 18.4. The highest BCUT2D eigenvalue weighted by atomic mass is 16.3. The molecule has 2 nitrogen and oxygen atoms in total. The van der Waals surface area contributed by atoms with Gasteiger partial charge in [-0.25, -0.2) is 0 Å². The second kappa shape index (κ2) is 9.05. The number of rotatable bonds is 8. The number of aromatic hydroxyl groups is 1. The molecule has 0 fully saturated rings. The Morgan fingerprint density at radius 1 is 0.920 bits per heavy atom. The first-order valence-corrected chi connectivity index (χ1v) is 9.48. The minimum atomic E-state index is 0.202. The maximum Gasteiger partial charge on any atom is 0.119 e. The van der Waals surface area contributed by atoms with E-state index in [-0.39, 0.29) is 5.92 Å². The summed E-state index contributed by atoms with van der Waals surface area (Å²) in [6.45, 7) is 12.1. The summed E-state index contributed by atoms with van der Waals surface area (Å²) in [5.74, 6) is 1.82. The smallest absolute Gasteiger partial charge is 0.119 e. The second-order valence-corrected chi connectivity index (χ2v) is 7.78. The minimum Gasteiger partial charge on any atom is -0.508 e. The van der Waals surface area contributed by atoms with Crippen LogP contribution in [0.4, 0.5) is 0 Å². The lowest BCUT2D eigenvalue weighted by atomic mass is 9.86. The summed E-state index contributed by atoms with van der Waals surface area (Å²) in [4.78, 5) is 0. The van der Waals surface area contributed by atoms with Crippen LogP contribution in [-0.4, -0.2) is 17.7 Å². The molecule has 0 bridgehead atoms. The lowest BCUT2D eigenvalue weighted by Gasteiger charge is -2.28. The van der Waals surface area contributed by atoms with Gasteiger partial charge in [-0.3, -0.25) is 0 Å². The van der Waals surface area contributed by atoms with Gasteiger partial charge in [0.15, 0.2) is 0 Å². The van der Waals surface area contributed by atoms with Crippen molar-refractivity contribution in [3.05, 3.63) is 65.2 Å². The molecule has 0 aliphatic rings. The van der Waals surface area contributed by atoms with Crippen molar-refractivity contribution in [2.75, 3.05) is 6.54 Å². The molecule has 2 aromatic carbocycles. The first-order valence-electron chi connectivity index (χ1n) is 9.48. The zero-order valence-corrected chi connectivity index (χ0v) is 16.3. The molecule has 2 heteroatoms. The number of phenols is 1. The van der Waals surface area contributed by atoms with Gasteiger partial charge in [0.05, 0.1) is 0 Å². The van der Waals surface area contributed by atoms with Gasteiger partial charge in [0.25, 0.3) is 0 Å². The molecule has 0 aromatic heterocycles. The van der Waals surface area contributed by atoms with Crippen molar-refractivity contribution >= 4 is 0 Å². The highest BCUT2D eigenvalue weighted by Crippen LogP contribution is 2.34. The molecule has 0 heterocycles. The van der Waals surface area contributed by atoms with Crippen molar-refractivity contribution < 1.29 is 5.11 Å². The summed E-state index contributed by atoms with van der Waals surface area (Å²) in [5, 5.41) is 14.2. The Hall–Kier alpha value is -1.80. The molecule has 0 radical (unpaired) electrons. The van der Waals surface area contributed by atoms with E-state index in [9.17, 15) is 5.11 Å². The third kappa shape index (κ3) is 5.34. The van der Waals surface area contributed by atoms with Crippen LogP contribution in [0, 0.1) is 18.8 Å². The predicted octanol–water partition coefficient (Wildman–Crippen LogP) is 5.49. The van der Waals surface area contributed by atoms with Crippen LogP contribution >= 0.6 is 0 Å². The summed E-state index contributed by atoms with van der Waals surface area (Å²) >= 11 is 0. The van der Waals surface area contributed by atoms with Crippen molar-refractivity contribution in [3.8, 4) is 5.75 Å². The van der Waals surface area contributed by atoms with Crippen molar-refractivity contribution in [3.63, 3.8) is 0 Å². The number of phenolic OH excluding ortho intramolecular Hbond substituents is 1. The highest BCUT2D eigenvalue weighted by molar-refractivity contribution is 5.43. The maximum absolute atomic E-state index is 10.4. The molecule has 0 saturated carbocycles. The van der Waals surface area contributed by atoms with Crippen molar-refractivity contribution in [2.24, 2.45) is 11.8 Å². The average Bonchev–Trinajstić information content (AvgIpc) is 2.57. The van der Waals surface area contributed by atoms with E-state index >= 15 is 0 Å². The molecular formula is C23H33NO. The summed E-state index contributed by atoms with van der Waals surface area (Å²) in [7, 11) is 0. The van der Waals surface area contributed by atoms with Gasteiger partial charge in [0.2, 0.25) is 0 Å². The van der Waals surface area contributed by atoms with Gasteiger partial charge in [0.1, 0.15) is 5.75 Å². The Balaban J connectivity index is 2.20. The van der Waals surface area contributed by atoms with Gasteiger partial charge in [0, 0.05) is 17.5 Å². The van der Waals surface area contributed by atoms with E-state index in [2.05, 4.69) is 70.3 Å². The van der Waals surface area contributed by atoms with Crippen LogP contribution in [0.3, 0.4) is 0 Å². The number of aryl methyl sites for hydroxylation is 1. The van der Waals surface area contributed by atoms with E-state index in [1.807, 2.05) is 18.2 Å². The highest BCUT2D eigenvalue weighted by Gasteiger charge is 2.20. The second-order valence-electron chi connectivity index (χ2n) is 7.78. The SMILES string of the molecule is Cc1ccc(O)c(C(CCNC(C(C)C)C(C)C)c2ccccc2)c1. The monoisotopic (exact) mass is 339 g/mol. The molecule has 1 atom stereocenters. The van der Waals surface area contributed by atoms with Gasteiger partial charge in [-0.05, 0) is 43.4 Å². The largest absolute Gasteiger partial charge is 0.508 e. The van der Waals surface area contributed by atoms with Crippen LogP contribution in [0.2, 0.25) is 0 Å². The van der Waals surface area contributed by atoms with Crippen LogP contribution in [0.15, 0.2) is 48.5 Å². The maximum atomic E-state index is 10.4. The molecule has 25 heavy (non-hydrogen) atoms. The van der Waals surface area contributed by atoms with Crippen LogP contribution in [0.5, 0.6) is 5.75 Å². The summed E-state index contributed by atoms with van der Waals surface area (Å²) < 4.78 is 0. The lowest BCUT2D eigenvalue weighted by molar-refractivity contribution is 0.312. The van der Waals surface area contributed by atoms with Gasteiger partial charge >= 0.3 is 0 Å². The Labute approximate surface area is 153 Å². The molecule has 0 aliphatic carbocycles. The molecule has 2 rings (SSSR count). The van der Waals surface area contributed by atoms with E-state index in [1.165, 1.54) is 11.1 Å². The number of hydrogen-bond acceptors (Lipinski definition) is 2. The van der Waals surface area contributed by atoms with Gasteiger partial charge in [-0.1, -0.05) is 75.7 Å². The molecular weight excluding hydrogens is 306 g/mol. The van der Waals surface area contributed by atoms with Gasteiger partial charge < -0.3 is 10.4 Å². The summed E-state index contributed by atoms with van der Waals surface area (Å²) in [6.07, 6.45) is 0.969. The molecule has 0 aliphatic heterocycles. The Bertz CT molecular complexity index is 640. The van der Waals surface area contributed by atoms with Crippen molar-refractivity contribution in [1.82, 2.24) is 5.32 Å². The van der Waals surface area contributed by atoms with E-state index in [1.54, 1.807) is 0 Å². The zero-order valence-electron chi connectivity index (χ0n) is 16.3. The van der Waals surface area contributed by atoms with Gasteiger partial charge in [-0.2, -0.15) is 0 Å². The van der Waals surface area contributed by atoms with Gasteiger partial charge in [-0.15, -0.1) is 0 Å².